The van der Waals surface area contributed by atoms with Gasteiger partial charge < -0.3 is 10.2 Å². The van der Waals surface area contributed by atoms with Crippen LogP contribution in [-0.2, 0) is 0 Å². The van der Waals surface area contributed by atoms with E-state index in [-0.39, 0.29) is 23.7 Å². The third-order valence-corrected chi connectivity index (χ3v) is 6.20. The lowest BCUT2D eigenvalue weighted by molar-refractivity contribution is -0.384. The van der Waals surface area contributed by atoms with Gasteiger partial charge in [-0.25, -0.2) is 0 Å². The molecule has 0 bridgehead atoms. The first kappa shape index (κ1) is 20.4. The SMILES string of the molecule is CCN1CCN(C(c2cccs2)C(C)NC(=O)c2ccc([N+](=O)[O-])cc2)CC1. The molecular formula is C20H26N4O3S. The van der Waals surface area contributed by atoms with Crippen molar-refractivity contribution in [1.29, 1.82) is 0 Å². The molecule has 1 aromatic heterocycles. The number of hydrogen-bond donors (Lipinski definition) is 1. The van der Waals surface area contributed by atoms with Gasteiger partial charge in [0.05, 0.1) is 11.0 Å². The van der Waals surface area contributed by atoms with E-state index in [1.165, 1.54) is 29.1 Å². The lowest BCUT2D eigenvalue weighted by Crippen LogP contribution is -2.52. The lowest BCUT2D eigenvalue weighted by Gasteiger charge is -2.41. The van der Waals surface area contributed by atoms with E-state index in [2.05, 4.69) is 33.5 Å². The average molecular weight is 403 g/mol. The average Bonchev–Trinajstić information content (AvgIpc) is 3.23. The van der Waals surface area contributed by atoms with Gasteiger partial charge in [0.2, 0.25) is 0 Å². The number of nitrogens with one attached hydrogen (secondary N) is 1. The third kappa shape index (κ3) is 4.76. The summed E-state index contributed by atoms with van der Waals surface area (Å²) < 4.78 is 0. The maximum atomic E-state index is 12.7. The molecule has 2 atom stereocenters. The molecule has 2 heterocycles. The summed E-state index contributed by atoms with van der Waals surface area (Å²) in [6.07, 6.45) is 0. The molecule has 0 spiro atoms. The van der Waals surface area contributed by atoms with Gasteiger partial charge in [-0.2, -0.15) is 0 Å². The van der Waals surface area contributed by atoms with E-state index in [4.69, 9.17) is 0 Å². The summed E-state index contributed by atoms with van der Waals surface area (Å²) in [5.41, 5.74) is 0.410. The summed E-state index contributed by atoms with van der Waals surface area (Å²) in [7, 11) is 0. The van der Waals surface area contributed by atoms with Crippen LogP contribution in [0.3, 0.4) is 0 Å². The predicted octanol–water partition coefficient (Wildman–Crippen LogP) is 3.15. The highest BCUT2D eigenvalue weighted by atomic mass is 32.1. The van der Waals surface area contributed by atoms with Crippen molar-refractivity contribution in [3.05, 3.63) is 62.3 Å². The van der Waals surface area contributed by atoms with E-state index in [0.29, 0.717) is 5.56 Å². The zero-order valence-electron chi connectivity index (χ0n) is 16.2. The van der Waals surface area contributed by atoms with Crippen molar-refractivity contribution >= 4 is 22.9 Å². The van der Waals surface area contributed by atoms with E-state index in [9.17, 15) is 14.9 Å². The second kappa shape index (κ2) is 9.27. The molecule has 1 N–H and O–H groups in total. The molecule has 0 radical (unpaired) electrons. The van der Waals surface area contributed by atoms with Crippen molar-refractivity contribution in [3.63, 3.8) is 0 Å². The van der Waals surface area contributed by atoms with E-state index in [1.807, 2.05) is 13.0 Å². The molecule has 8 heteroatoms. The second-order valence-electron chi connectivity index (χ2n) is 7.00. The number of benzene rings is 1. The number of thiophene rings is 1. The van der Waals surface area contributed by atoms with Crippen LogP contribution in [-0.4, -0.2) is 59.4 Å². The number of rotatable bonds is 7. The van der Waals surface area contributed by atoms with E-state index in [0.717, 1.165) is 32.7 Å². The number of nitro benzene ring substituents is 1. The molecule has 1 fully saturated rings. The van der Waals surface area contributed by atoms with E-state index in [1.54, 1.807) is 11.3 Å². The Morgan fingerprint density at radius 3 is 2.43 bits per heavy atom. The molecule has 1 saturated heterocycles. The number of likely N-dealkylation sites (N-methyl/N-ethyl adjacent to an activating group) is 1. The number of carbonyl (C=O) groups excluding carboxylic acids is 1. The number of hydrogen-bond acceptors (Lipinski definition) is 6. The number of nitrogens with zero attached hydrogens (tertiary/aromatic N) is 3. The first-order valence-electron chi connectivity index (χ1n) is 9.54. The highest BCUT2D eigenvalue weighted by Crippen LogP contribution is 2.29. The Morgan fingerprint density at radius 1 is 1.21 bits per heavy atom. The van der Waals surface area contributed by atoms with Crippen LogP contribution in [0.15, 0.2) is 41.8 Å². The van der Waals surface area contributed by atoms with Crippen molar-refractivity contribution in [1.82, 2.24) is 15.1 Å². The second-order valence-corrected chi connectivity index (χ2v) is 7.98. The predicted molar refractivity (Wildman–Crippen MR) is 111 cm³/mol. The number of non-ortho nitro benzene ring substituents is 1. The van der Waals surface area contributed by atoms with Crippen molar-refractivity contribution < 1.29 is 9.72 Å². The normalized spacial score (nSPS) is 17.8. The van der Waals surface area contributed by atoms with E-state index < -0.39 is 4.92 Å². The van der Waals surface area contributed by atoms with Gasteiger partial charge in [-0.05, 0) is 37.0 Å². The molecule has 1 aliphatic rings. The molecule has 3 rings (SSSR count). The summed E-state index contributed by atoms with van der Waals surface area (Å²) in [6.45, 7) is 9.26. The standard InChI is InChI=1S/C20H26N4O3S/c1-3-22-10-12-23(13-11-22)19(18-5-4-14-28-18)15(2)21-20(25)16-6-8-17(9-7-16)24(26)27/h4-9,14-15,19H,3,10-13H2,1-2H3,(H,21,25). The summed E-state index contributed by atoms with van der Waals surface area (Å²) in [6, 6.07) is 9.91. The first-order valence-corrected chi connectivity index (χ1v) is 10.4. The molecule has 0 saturated carbocycles. The Balaban J connectivity index is 1.71. The summed E-state index contributed by atoms with van der Waals surface area (Å²) in [5, 5.41) is 16.0. The highest BCUT2D eigenvalue weighted by molar-refractivity contribution is 7.10. The fourth-order valence-electron chi connectivity index (χ4n) is 3.66. The number of piperazine rings is 1. The van der Waals surface area contributed by atoms with Crippen molar-refractivity contribution in [2.75, 3.05) is 32.7 Å². The van der Waals surface area contributed by atoms with Gasteiger partial charge in [-0.3, -0.25) is 19.8 Å². The maximum absolute atomic E-state index is 12.7. The van der Waals surface area contributed by atoms with Crippen LogP contribution in [0, 0.1) is 10.1 Å². The van der Waals surface area contributed by atoms with Crippen LogP contribution in [0.5, 0.6) is 0 Å². The van der Waals surface area contributed by atoms with Crippen molar-refractivity contribution in [2.24, 2.45) is 0 Å². The Morgan fingerprint density at radius 2 is 1.89 bits per heavy atom. The minimum absolute atomic E-state index is 0.0187. The van der Waals surface area contributed by atoms with Crippen LogP contribution in [0.25, 0.3) is 0 Å². The van der Waals surface area contributed by atoms with Crippen LogP contribution >= 0.6 is 11.3 Å². The Labute approximate surface area is 169 Å². The topological polar surface area (TPSA) is 78.7 Å². The van der Waals surface area contributed by atoms with Gasteiger partial charge in [-0.15, -0.1) is 11.3 Å². The first-order chi connectivity index (χ1) is 13.5. The molecular weight excluding hydrogens is 376 g/mol. The molecule has 2 unspecified atom stereocenters. The van der Waals surface area contributed by atoms with Gasteiger partial charge in [0.15, 0.2) is 0 Å². The van der Waals surface area contributed by atoms with Gasteiger partial charge >= 0.3 is 0 Å². The van der Waals surface area contributed by atoms with Crippen LogP contribution in [0.2, 0.25) is 0 Å². The van der Waals surface area contributed by atoms with Gasteiger partial charge in [0.1, 0.15) is 0 Å². The molecule has 2 aromatic rings. The Hall–Kier alpha value is -2.29. The van der Waals surface area contributed by atoms with Gasteiger partial charge in [-0.1, -0.05) is 13.0 Å². The zero-order chi connectivity index (χ0) is 20.1. The Bertz CT molecular complexity index is 786. The lowest BCUT2D eigenvalue weighted by atomic mass is 10.0. The Kier molecular flexibility index (Phi) is 6.77. The fraction of sp³-hybridized carbons (Fsp3) is 0.450. The van der Waals surface area contributed by atoms with Crippen molar-refractivity contribution in [2.45, 2.75) is 25.9 Å². The van der Waals surface area contributed by atoms with Crippen LogP contribution in [0.4, 0.5) is 5.69 Å². The van der Waals surface area contributed by atoms with Gasteiger partial charge in [0, 0.05) is 54.8 Å². The molecule has 28 heavy (non-hydrogen) atoms. The third-order valence-electron chi connectivity index (χ3n) is 5.25. The summed E-state index contributed by atoms with van der Waals surface area (Å²) in [4.78, 5) is 29.1. The zero-order valence-corrected chi connectivity index (χ0v) is 17.0. The number of carbonyl (C=O) groups is 1. The maximum Gasteiger partial charge on any atom is 0.269 e. The number of nitro groups is 1. The van der Waals surface area contributed by atoms with Gasteiger partial charge in [0.25, 0.3) is 11.6 Å². The quantitative estimate of drug-likeness (QED) is 0.569. The van der Waals surface area contributed by atoms with Crippen molar-refractivity contribution in [3.8, 4) is 0 Å². The summed E-state index contributed by atoms with van der Waals surface area (Å²) in [5.74, 6) is -0.212. The monoisotopic (exact) mass is 402 g/mol. The molecule has 150 valence electrons. The summed E-state index contributed by atoms with van der Waals surface area (Å²) >= 11 is 1.71. The van der Waals surface area contributed by atoms with E-state index >= 15 is 0 Å². The minimum atomic E-state index is -0.465. The van der Waals surface area contributed by atoms with Crippen LogP contribution < -0.4 is 5.32 Å². The fourth-order valence-corrected chi connectivity index (χ4v) is 4.63. The molecule has 1 aliphatic heterocycles. The largest absolute Gasteiger partial charge is 0.348 e. The molecule has 7 nitrogen and oxygen atoms in total. The highest BCUT2D eigenvalue weighted by Gasteiger charge is 2.30. The number of amides is 1. The van der Waals surface area contributed by atoms with Crippen LogP contribution in [0.1, 0.15) is 35.1 Å². The minimum Gasteiger partial charge on any atom is -0.348 e. The molecule has 1 amide bonds. The molecule has 1 aromatic carbocycles. The smallest absolute Gasteiger partial charge is 0.269 e. The molecule has 0 aliphatic carbocycles.